The lowest BCUT2D eigenvalue weighted by molar-refractivity contribution is -0.274. The van der Waals surface area contributed by atoms with E-state index in [1.54, 1.807) is 11.0 Å². The molecule has 1 aromatic carbocycles. The number of nitrogens with one attached hydrogen (secondary N) is 2. The molecule has 0 unspecified atom stereocenters. The van der Waals surface area contributed by atoms with Crippen molar-refractivity contribution < 1.29 is 22.7 Å². The Labute approximate surface area is 182 Å². The van der Waals surface area contributed by atoms with Gasteiger partial charge >= 0.3 is 6.36 Å². The maximum absolute atomic E-state index is 12.6. The second kappa shape index (κ2) is 10.1. The number of halogens is 3. The number of rotatable bonds is 8. The predicted octanol–water partition coefficient (Wildman–Crippen LogP) is 2.22. The number of nitriles is 1. The Bertz CT molecular complexity index is 994. The minimum atomic E-state index is -4.81. The van der Waals surface area contributed by atoms with Gasteiger partial charge in [-0.25, -0.2) is 4.98 Å². The largest absolute Gasteiger partial charge is 0.573 e. The number of ether oxygens (including phenoxy) is 1. The molecule has 3 rings (SSSR count). The maximum atomic E-state index is 12.6. The maximum Gasteiger partial charge on any atom is 0.573 e. The molecule has 0 radical (unpaired) electrons. The van der Waals surface area contributed by atoms with Crippen molar-refractivity contribution >= 4 is 17.7 Å². The van der Waals surface area contributed by atoms with Crippen molar-refractivity contribution in [2.45, 2.75) is 31.8 Å². The zero-order chi connectivity index (χ0) is 23.1. The van der Waals surface area contributed by atoms with Crippen molar-refractivity contribution in [1.82, 2.24) is 14.9 Å². The summed E-state index contributed by atoms with van der Waals surface area (Å²) in [5.74, 6) is -0.0572. The summed E-state index contributed by atoms with van der Waals surface area (Å²) in [7, 11) is 0. The highest BCUT2D eigenvalue weighted by molar-refractivity contribution is 5.77. The van der Waals surface area contributed by atoms with Crippen LogP contribution < -0.4 is 21.1 Å². The van der Waals surface area contributed by atoms with Crippen molar-refractivity contribution in [3.8, 4) is 11.8 Å². The lowest BCUT2D eigenvalue weighted by atomic mass is 10.2. The van der Waals surface area contributed by atoms with Crippen LogP contribution >= 0.6 is 0 Å². The van der Waals surface area contributed by atoms with Gasteiger partial charge in [0.2, 0.25) is 11.9 Å². The van der Waals surface area contributed by atoms with Gasteiger partial charge in [-0.1, -0.05) is 18.2 Å². The molecule has 4 N–H and O–H groups in total. The first kappa shape index (κ1) is 23.1. The fourth-order valence-corrected chi connectivity index (χ4v) is 3.19. The summed E-state index contributed by atoms with van der Waals surface area (Å²) in [6.07, 6.45) is -2.55. The number of hydrogen-bond donors (Lipinski definition) is 3. The molecule has 170 valence electrons. The fourth-order valence-electron chi connectivity index (χ4n) is 3.19. The highest BCUT2D eigenvalue weighted by Crippen LogP contribution is 2.26. The summed E-state index contributed by atoms with van der Waals surface area (Å²) >= 11 is 0. The van der Waals surface area contributed by atoms with E-state index < -0.39 is 6.36 Å². The Kier molecular flexibility index (Phi) is 7.32. The molecule has 32 heavy (non-hydrogen) atoms. The lowest BCUT2D eigenvalue weighted by Gasteiger charge is -2.16. The monoisotopic (exact) mass is 449 g/mol. The van der Waals surface area contributed by atoms with E-state index in [1.807, 2.05) is 6.07 Å². The van der Waals surface area contributed by atoms with Gasteiger partial charge in [0.05, 0.1) is 6.20 Å². The van der Waals surface area contributed by atoms with E-state index in [-0.39, 0.29) is 60.1 Å². The van der Waals surface area contributed by atoms with Crippen LogP contribution in [0, 0.1) is 11.3 Å². The van der Waals surface area contributed by atoms with Crippen LogP contribution in [0.4, 0.5) is 24.9 Å². The summed E-state index contributed by atoms with van der Waals surface area (Å²) < 4.78 is 41.7. The first-order valence-electron chi connectivity index (χ1n) is 9.87. The third-order valence-electron chi connectivity index (χ3n) is 4.75. The van der Waals surface area contributed by atoms with Gasteiger partial charge < -0.3 is 26.0 Å². The van der Waals surface area contributed by atoms with Crippen LogP contribution in [0.15, 0.2) is 30.5 Å². The molecule has 2 heterocycles. The molecular formula is C20H22F3N7O2. The number of nitrogens with zero attached hydrogens (tertiary/aromatic N) is 4. The Morgan fingerprint density at radius 3 is 2.81 bits per heavy atom. The second-order valence-electron chi connectivity index (χ2n) is 7.14. The summed E-state index contributed by atoms with van der Waals surface area (Å²) in [4.78, 5) is 22.1. The normalized spacial score (nSPS) is 15.8. The Morgan fingerprint density at radius 2 is 2.12 bits per heavy atom. The molecule has 1 atom stereocenters. The van der Waals surface area contributed by atoms with Crippen LogP contribution in [0.3, 0.4) is 0 Å². The van der Waals surface area contributed by atoms with Gasteiger partial charge in [0.25, 0.3) is 0 Å². The molecule has 1 fully saturated rings. The molecular weight excluding hydrogens is 427 g/mol. The van der Waals surface area contributed by atoms with Gasteiger partial charge in [-0.15, -0.1) is 13.2 Å². The fraction of sp³-hybridized carbons (Fsp3) is 0.400. The van der Waals surface area contributed by atoms with Crippen molar-refractivity contribution in [1.29, 1.82) is 5.26 Å². The van der Waals surface area contributed by atoms with Crippen LogP contribution in [-0.2, 0) is 11.3 Å². The number of alkyl halides is 3. The van der Waals surface area contributed by atoms with Gasteiger partial charge in [-0.2, -0.15) is 10.2 Å². The number of hydrogen-bond acceptors (Lipinski definition) is 8. The van der Waals surface area contributed by atoms with Crippen LogP contribution in [0.1, 0.15) is 24.0 Å². The Morgan fingerprint density at radius 1 is 1.34 bits per heavy atom. The Balaban J connectivity index is 1.60. The Hall–Kier alpha value is -3.59. The van der Waals surface area contributed by atoms with Crippen LogP contribution in [-0.4, -0.2) is 52.8 Å². The molecule has 0 aliphatic carbocycles. The molecule has 1 saturated heterocycles. The number of carbonyl (C=O) groups excluding carboxylic acids is 1. The van der Waals surface area contributed by atoms with Crippen molar-refractivity contribution in [3.63, 3.8) is 0 Å². The van der Waals surface area contributed by atoms with Crippen LogP contribution in [0.5, 0.6) is 5.75 Å². The summed E-state index contributed by atoms with van der Waals surface area (Å²) in [5, 5.41) is 15.0. The molecule has 1 aliphatic heterocycles. The number of anilines is 2. The number of amides is 1. The van der Waals surface area contributed by atoms with E-state index in [0.717, 1.165) is 6.42 Å². The first-order chi connectivity index (χ1) is 15.2. The molecule has 9 nitrogen and oxygen atoms in total. The zero-order valence-electron chi connectivity index (χ0n) is 17.0. The quantitative estimate of drug-likeness (QED) is 0.560. The third-order valence-corrected chi connectivity index (χ3v) is 4.75. The summed E-state index contributed by atoms with van der Waals surface area (Å²) in [6.45, 7) is 1.37. The van der Waals surface area contributed by atoms with E-state index in [0.29, 0.717) is 13.1 Å². The van der Waals surface area contributed by atoms with Gasteiger partial charge in [0.1, 0.15) is 23.2 Å². The minimum absolute atomic E-state index is 0.000685. The molecule has 1 amide bonds. The van der Waals surface area contributed by atoms with E-state index >= 15 is 0 Å². The summed E-state index contributed by atoms with van der Waals surface area (Å²) in [6, 6.07) is 7.66. The third kappa shape index (κ3) is 6.45. The van der Waals surface area contributed by atoms with E-state index in [9.17, 15) is 23.2 Å². The van der Waals surface area contributed by atoms with Gasteiger partial charge in [0.15, 0.2) is 0 Å². The first-order valence-corrected chi connectivity index (χ1v) is 9.87. The van der Waals surface area contributed by atoms with Crippen LogP contribution in [0.25, 0.3) is 0 Å². The highest BCUT2D eigenvalue weighted by atomic mass is 19.4. The number of nitrogens with two attached hydrogens (primary N) is 1. The molecule has 1 aromatic heterocycles. The SMILES string of the molecule is N#Cc1cnc(NCc2ccccc2OC(F)(F)F)nc1NCCC(=O)N1CC[C@@H](N)C1. The van der Waals surface area contributed by atoms with Crippen molar-refractivity contribution in [2.75, 3.05) is 30.3 Å². The van der Waals surface area contributed by atoms with E-state index in [4.69, 9.17) is 5.73 Å². The second-order valence-corrected chi connectivity index (χ2v) is 7.14. The highest BCUT2D eigenvalue weighted by Gasteiger charge is 2.32. The molecule has 2 aromatic rings. The average molecular weight is 449 g/mol. The molecule has 0 bridgehead atoms. The number of carbonyl (C=O) groups is 1. The number of aromatic nitrogens is 2. The average Bonchev–Trinajstić information content (AvgIpc) is 3.18. The molecule has 12 heteroatoms. The number of likely N-dealkylation sites (tertiary alicyclic amines) is 1. The van der Waals surface area contributed by atoms with Crippen molar-refractivity contribution in [2.24, 2.45) is 5.73 Å². The van der Waals surface area contributed by atoms with Gasteiger partial charge in [0, 0.05) is 44.2 Å². The molecule has 1 aliphatic rings. The lowest BCUT2D eigenvalue weighted by Crippen LogP contribution is -2.32. The van der Waals surface area contributed by atoms with E-state index in [1.165, 1.54) is 24.4 Å². The molecule has 0 saturated carbocycles. The van der Waals surface area contributed by atoms with Gasteiger partial charge in [-0.3, -0.25) is 4.79 Å². The summed E-state index contributed by atoms with van der Waals surface area (Å²) in [5.41, 5.74) is 6.24. The number of para-hydroxylation sites is 1. The predicted molar refractivity (Wildman–Crippen MR) is 109 cm³/mol. The number of benzene rings is 1. The van der Waals surface area contributed by atoms with Gasteiger partial charge in [-0.05, 0) is 12.5 Å². The van der Waals surface area contributed by atoms with Crippen LogP contribution in [0.2, 0.25) is 0 Å². The zero-order valence-corrected chi connectivity index (χ0v) is 17.0. The topological polar surface area (TPSA) is 129 Å². The smallest absolute Gasteiger partial charge is 0.405 e. The molecule has 0 spiro atoms. The van der Waals surface area contributed by atoms with E-state index in [2.05, 4.69) is 25.3 Å². The van der Waals surface area contributed by atoms with Crippen molar-refractivity contribution in [3.05, 3.63) is 41.6 Å². The minimum Gasteiger partial charge on any atom is -0.405 e. The standard InChI is InChI=1S/C20H22F3N7O2/c21-20(22,23)32-16-4-2-1-3-13(16)10-27-19-28-11-14(9-24)18(29-19)26-7-5-17(31)30-8-6-15(25)12-30/h1-4,11,15H,5-8,10,12,25H2,(H2,26,27,28,29)/t15-/m1/s1.